The number of amides is 4. The normalized spacial score (nSPS) is 26.5. The average molecular weight is 467 g/mol. The molecule has 0 saturated carbocycles. The molecule has 2 aromatic carbocycles. The molecule has 166 valence electrons. The minimum atomic E-state index is -4.12. The lowest BCUT2D eigenvalue weighted by Gasteiger charge is -2.29. The molecule has 0 spiro atoms. The van der Waals surface area contributed by atoms with Crippen LogP contribution in [0.25, 0.3) is 0 Å². The van der Waals surface area contributed by atoms with Crippen molar-refractivity contribution in [1.82, 2.24) is 15.5 Å². The molecule has 10 heteroatoms. The Morgan fingerprint density at radius 3 is 2.78 bits per heavy atom. The summed E-state index contributed by atoms with van der Waals surface area (Å²) in [6.45, 7) is -2.29. The van der Waals surface area contributed by atoms with Crippen LogP contribution in [0.15, 0.2) is 42.5 Å². The standard InChI is InChI=1S/C22H18ClF2N3O4/c23-15-4-2-14(3-5-15)22(24,25)21(32)26-10-12-1-6-16-13(9-12)11-28(20(16)31)17-7-8-18(29)27-19(17)30/h1-6,9,17H,7-8,10-11H2,(H,26,32)(H,27,29,30)/t17-/m0/s1/i8D,10D,17D/hD2/t8?,10?,17-. The molecule has 2 heterocycles. The lowest BCUT2D eigenvalue weighted by Crippen LogP contribution is -2.52. The highest BCUT2D eigenvalue weighted by molar-refractivity contribution is 6.30. The van der Waals surface area contributed by atoms with E-state index in [1.807, 2.05) is 0 Å². The van der Waals surface area contributed by atoms with Gasteiger partial charge >= 0.3 is 5.92 Å². The second-order valence-electron chi connectivity index (χ2n) is 7.06. The summed E-state index contributed by atoms with van der Waals surface area (Å²) in [6, 6.07) is 5.38. The van der Waals surface area contributed by atoms with E-state index in [9.17, 15) is 28.0 Å². The van der Waals surface area contributed by atoms with Gasteiger partial charge in [0.05, 0.1) is 2.74 Å². The molecule has 32 heavy (non-hydrogen) atoms. The van der Waals surface area contributed by atoms with E-state index in [1.54, 1.807) is 0 Å². The topological polar surface area (TPSA) is 95.6 Å². The van der Waals surface area contributed by atoms with Crippen LogP contribution in [-0.4, -0.2) is 34.5 Å². The van der Waals surface area contributed by atoms with Crippen LogP contribution in [0.5, 0.6) is 0 Å². The lowest BCUT2D eigenvalue weighted by atomic mass is 10.0. The van der Waals surface area contributed by atoms with E-state index in [1.165, 1.54) is 18.2 Å². The molecule has 0 aliphatic carbocycles. The van der Waals surface area contributed by atoms with Gasteiger partial charge in [0.25, 0.3) is 11.8 Å². The molecule has 4 amide bonds. The number of imide groups is 1. The Morgan fingerprint density at radius 2 is 2.06 bits per heavy atom. The van der Waals surface area contributed by atoms with Crippen molar-refractivity contribution in [2.75, 3.05) is 0 Å². The Labute approximate surface area is 193 Å². The molecule has 0 bridgehead atoms. The zero-order chi connectivity index (χ0) is 27.4. The van der Waals surface area contributed by atoms with E-state index in [-0.39, 0.29) is 38.9 Å². The minimum Gasteiger partial charge on any atom is -0.346 e. The van der Waals surface area contributed by atoms with Crippen molar-refractivity contribution in [2.45, 2.75) is 37.8 Å². The Balaban J connectivity index is 1.57. The maximum atomic E-state index is 14.7. The largest absolute Gasteiger partial charge is 0.349 e. The number of nitrogens with one attached hydrogen (secondary N) is 2. The summed E-state index contributed by atoms with van der Waals surface area (Å²) >= 11 is 5.69. The molecule has 2 aliphatic rings. The first-order valence-corrected chi connectivity index (χ1v) is 9.71. The predicted molar refractivity (Wildman–Crippen MR) is 110 cm³/mol. The predicted octanol–water partition coefficient (Wildman–Crippen LogP) is 2.51. The van der Waals surface area contributed by atoms with Gasteiger partial charge < -0.3 is 10.2 Å². The van der Waals surface area contributed by atoms with Gasteiger partial charge in [0.15, 0.2) is 2.82 Å². The first kappa shape index (κ1) is 16.3. The quantitative estimate of drug-likeness (QED) is 0.662. The number of nitrogens with zero attached hydrogens (tertiary/aromatic N) is 1. The van der Waals surface area contributed by atoms with Crippen LogP contribution in [-0.2, 0) is 33.4 Å². The van der Waals surface area contributed by atoms with E-state index in [4.69, 9.17) is 18.5 Å². The van der Waals surface area contributed by atoms with Crippen LogP contribution in [0.4, 0.5) is 8.78 Å². The highest BCUT2D eigenvalue weighted by Gasteiger charge is 2.41. The van der Waals surface area contributed by atoms with Gasteiger partial charge in [0.2, 0.25) is 11.8 Å². The fourth-order valence-corrected chi connectivity index (χ4v) is 3.47. The van der Waals surface area contributed by atoms with E-state index in [0.29, 0.717) is 0 Å². The SMILES string of the molecule is [2H]C1C[C@]([2H])(N2Cc3cc(C([2H])N([2H])C(=O)C(F)(F)c4ccc(Cl)cc4)ccc3C2=O)C(=O)N([2H])C1=O. The fraction of sp³-hybridized carbons (Fsp3) is 0.273. The highest BCUT2D eigenvalue weighted by Crippen LogP contribution is 2.30. The van der Waals surface area contributed by atoms with Crippen LogP contribution >= 0.6 is 11.6 Å². The van der Waals surface area contributed by atoms with Gasteiger partial charge in [-0.15, -0.1) is 0 Å². The van der Waals surface area contributed by atoms with Gasteiger partial charge in [-0.25, -0.2) is 0 Å². The van der Waals surface area contributed by atoms with E-state index in [2.05, 4.69) is 0 Å². The zero-order valence-corrected chi connectivity index (χ0v) is 17.0. The summed E-state index contributed by atoms with van der Waals surface area (Å²) in [4.78, 5) is 50.5. The summed E-state index contributed by atoms with van der Waals surface area (Å²) in [5.74, 6) is -9.30. The van der Waals surface area contributed by atoms with E-state index in [0.717, 1.165) is 29.2 Å². The molecule has 2 unspecified atom stereocenters. The van der Waals surface area contributed by atoms with E-state index >= 15 is 0 Å². The van der Waals surface area contributed by atoms with E-state index < -0.39 is 60.5 Å². The van der Waals surface area contributed by atoms with Crippen LogP contribution in [0.2, 0.25) is 7.85 Å². The van der Waals surface area contributed by atoms with Gasteiger partial charge in [-0.2, -0.15) is 8.78 Å². The highest BCUT2D eigenvalue weighted by atomic mass is 35.5. The zero-order valence-electron chi connectivity index (χ0n) is 21.2. The van der Waals surface area contributed by atoms with Crippen LogP contribution in [0.1, 0.15) is 44.0 Å². The number of carbonyl (C=O) groups is 4. The summed E-state index contributed by atoms with van der Waals surface area (Å²) in [6.07, 6.45) is -2.26. The van der Waals surface area contributed by atoms with Gasteiger partial charge in [0, 0.05) is 37.0 Å². The second-order valence-corrected chi connectivity index (χ2v) is 7.50. The number of carbonyl (C=O) groups excluding carboxylic acids is 4. The molecule has 2 N–H and O–H groups in total. The number of rotatable bonds is 5. The molecule has 3 atom stereocenters. The van der Waals surface area contributed by atoms with Crippen LogP contribution in [0, 0.1) is 0 Å². The third-order valence-electron chi connectivity index (χ3n) is 4.99. The Kier molecular flexibility index (Phi) is 4.24. The van der Waals surface area contributed by atoms with Crippen molar-refractivity contribution in [3.05, 3.63) is 69.7 Å². The number of piperidine rings is 1. The molecule has 1 saturated heterocycles. The van der Waals surface area contributed by atoms with Crippen molar-refractivity contribution in [1.29, 1.82) is 0 Å². The number of halogens is 3. The average Bonchev–Trinajstić information content (AvgIpc) is 3.21. The summed E-state index contributed by atoms with van der Waals surface area (Å²) in [5, 5.41) is -0.143. The van der Waals surface area contributed by atoms with Crippen LogP contribution < -0.4 is 10.6 Å². The molecule has 2 aliphatic heterocycles. The molecule has 2 aromatic rings. The van der Waals surface area contributed by atoms with Crippen molar-refractivity contribution in [3.8, 4) is 0 Å². The first-order chi connectivity index (χ1) is 17.2. The number of hydrogen-bond donors (Lipinski definition) is 2. The maximum Gasteiger partial charge on any atom is 0.349 e. The molecule has 7 nitrogen and oxygen atoms in total. The molecule has 0 radical (unpaired) electrons. The first-order valence-electron chi connectivity index (χ1n) is 11.9. The van der Waals surface area contributed by atoms with Crippen molar-refractivity contribution >= 4 is 35.2 Å². The summed E-state index contributed by atoms with van der Waals surface area (Å²) in [7, 11) is 0. The Bertz CT molecular complexity index is 1320. The summed E-state index contributed by atoms with van der Waals surface area (Å²) < 4.78 is 69.4. The Hall–Kier alpha value is -3.33. The molecule has 1 fully saturated rings. The van der Waals surface area contributed by atoms with Gasteiger partial charge in [-0.05, 0) is 35.7 Å². The maximum absolute atomic E-state index is 14.7. The molecule has 0 aromatic heterocycles. The number of alkyl halides is 2. The smallest absolute Gasteiger partial charge is 0.346 e. The monoisotopic (exact) mass is 466 g/mol. The second kappa shape index (κ2) is 8.31. The minimum absolute atomic E-state index is 0.0136. The molecular weight excluding hydrogens is 444 g/mol. The van der Waals surface area contributed by atoms with Gasteiger partial charge in [-0.3, -0.25) is 24.5 Å². The molecule has 4 rings (SSSR count). The van der Waals surface area contributed by atoms with Crippen molar-refractivity contribution < 1.29 is 34.9 Å². The number of benzene rings is 2. The third-order valence-corrected chi connectivity index (χ3v) is 5.25. The fourth-order valence-electron chi connectivity index (χ4n) is 3.34. The third kappa shape index (κ3) is 4.08. The Morgan fingerprint density at radius 1 is 1.34 bits per heavy atom. The number of hydrogen-bond acceptors (Lipinski definition) is 4. The van der Waals surface area contributed by atoms with Crippen LogP contribution in [0.3, 0.4) is 0 Å². The molecular formula is C22H18ClF2N3O4. The lowest BCUT2D eigenvalue weighted by molar-refractivity contribution is -0.147. The summed E-state index contributed by atoms with van der Waals surface area (Å²) in [5.41, 5.74) is -0.610. The number of fused-ring (bicyclic) bond motifs is 1. The van der Waals surface area contributed by atoms with Crippen molar-refractivity contribution in [2.24, 2.45) is 0 Å². The van der Waals surface area contributed by atoms with Gasteiger partial charge in [-0.1, -0.05) is 35.9 Å². The van der Waals surface area contributed by atoms with Gasteiger partial charge in [0.1, 0.15) is 6.02 Å². The van der Waals surface area contributed by atoms with Crippen molar-refractivity contribution in [3.63, 3.8) is 0 Å².